The first kappa shape index (κ1) is 18.1. The summed E-state index contributed by atoms with van der Waals surface area (Å²) in [6.45, 7) is 1.04. The van der Waals surface area contributed by atoms with Crippen LogP contribution in [0.2, 0.25) is 10.0 Å². The molecule has 0 radical (unpaired) electrons. The number of rotatable bonds is 6. The molecule has 0 fully saturated rings. The molecule has 22 heavy (non-hydrogen) atoms. The Kier molecular flexibility index (Phi) is 7.48. The number of hydrogen-bond acceptors (Lipinski definition) is 4. The van der Waals surface area contributed by atoms with E-state index in [1.54, 1.807) is 13.0 Å². The minimum absolute atomic E-state index is 0.238. The first-order valence-electron chi connectivity index (χ1n) is 6.34. The van der Waals surface area contributed by atoms with E-state index in [0.29, 0.717) is 10.8 Å². The average Bonchev–Trinajstić information content (AvgIpc) is 2.49. The number of halogens is 2. The lowest BCUT2D eigenvalue weighted by molar-refractivity contribution is -0.130. The molecule has 0 aromatic heterocycles. The highest BCUT2D eigenvalue weighted by atomic mass is 35.5. The molecular formula is C13H15Cl2N3O4. The Morgan fingerprint density at radius 3 is 2.41 bits per heavy atom. The molecule has 1 aromatic carbocycles. The van der Waals surface area contributed by atoms with Crippen molar-refractivity contribution < 1.29 is 19.1 Å². The van der Waals surface area contributed by atoms with Gasteiger partial charge < -0.3 is 10.1 Å². The third kappa shape index (κ3) is 6.64. The van der Waals surface area contributed by atoms with E-state index in [9.17, 15) is 14.4 Å². The predicted molar refractivity (Wildman–Crippen MR) is 81.5 cm³/mol. The van der Waals surface area contributed by atoms with Crippen molar-refractivity contribution in [3.05, 3.63) is 28.2 Å². The molecule has 0 heterocycles. The van der Waals surface area contributed by atoms with Crippen LogP contribution >= 0.6 is 23.2 Å². The van der Waals surface area contributed by atoms with Gasteiger partial charge in [-0.05, 0) is 18.2 Å². The van der Waals surface area contributed by atoms with Crippen LogP contribution in [0.15, 0.2) is 18.2 Å². The van der Waals surface area contributed by atoms with E-state index in [0.717, 1.165) is 0 Å². The van der Waals surface area contributed by atoms with Crippen molar-refractivity contribution in [2.45, 2.75) is 13.3 Å². The highest BCUT2D eigenvalue weighted by Crippen LogP contribution is 2.27. The molecule has 0 atom stereocenters. The molecule has 9 heteroatoms. The topological polar surface area (TPSA) is 96.5 Å². The van der Waals surface area contributed by atoms with Crippen molar-refractivity contribution in [3.63, 3.8) is 0 Å². The zero-order valence-electron chi connectivity index (χ0n) is 11.7. The van der Waals surface area contributed by atoms with Crippen LogP contribution < -0.4 is 20.9 Å². The number of hydrogen-bond donors (Lipinski definition) is 3. The zero-order valence-corrected chi connectivity index (χ0v) is 13.3. The van der Waals surface area contributed by atoms with E-state index in [1.165, 1.54) is 12.1 Å². The molecule has 0 saturated carbocycles. The van der Waals surface area contributed by atoms with Crippen LogP contribution in [0.25, 0.3) is 0 Å². The monoisotopic (exact) mass is 347 g/mol. The average molecular weight is 348 g/mol. The maximum atomic E-state index is 11.5. The first-order valence-corrected chi connectivity index (χ1v) is 7.10. The molecular weight excluding hydrogens is 333 g/mol. The second kappa shape index (κ2) is 9.11. The zero-order chi connectivity index (χ0) is 16.5. The molecule has 3 amide bonds. The predicted octanol–water partition coefficient (Wildman–Crippen LogP) is 1.05. The Hall–Kier alpha value is -1.99. The van der Waals surface area contributed by atoms with Gasteiger partial charge in [0.2, 0.25) is 5.91 Å². The van der Waals surface area contributed by atoms with Crippen molar-refractivity contribution in [2.75, 3.05) is 13.2 Å². The number of hydrazine groups is 1. The molecule has 0 spiro atoms. The Bertz CT molecular complexity index is 566. The number of ether oxygens (including phenoxy) is 1. The Labute approximate surface area is 137 Å². The van der Waals surface area contributed by atoms with Crippen LogP contribution in [0.5, 0.6) is 5.75 Å². The van der Waals surface area contributed by atoms with Gasteiger partial charge in [-0.25, -0.2) is 0 Å². The van der Waals surface area contributed by atoms with Crippen LogP contribution in [-0.4, -0.2) is 30.9 Å². The lowest BCUT2D eigenvalue weighted by Crippen LogP contribution is -2.46. The van der Waals surface area contributed by atoms with Gasteiger partial charge in [0.15, 0.2) is 6.61 Å². The number of nitrogens with one attached hydrogen (secondary N) is 3. The molecule has 0 aliphatic heterocycles. The van der Waals surface area contributed by atoms with E-state index in [-0.39, 0.29) is 30.5 Å². The maximum absolute atomic E-state index is 11.5. The van der Waals surface area contributed by atoms with Gasteiger partial charge in [-0.3, -0.25) is 25.2 Å². The van der Waals surface area contributed by atoms with E-state index < -0.39 is 11.8 Å². The molecule has 3 N–H and O–H groups in total. The van der Waals surface area contributed by atoms with Gasteiger partial charge in [-0.15, -0.1) is 0 Å². The summed E-state index contributed by atoms with van der Waals surface area (Å²) in [5.74, 6) is -1.09. The van der Waals surface area contributed by atoms with Gasteiger partial charge in [0.05, 0.1) is 11.6 Å². The fraction of sp³-hybridized carbons (Fsp3) is 0.308. The van der Waals surface area contributed by atoms with Gasteiger partial charge in [0, 0.05) is 11.4 Å². The molecule has 1 aromatic rings. The third-order valence-corrected chi connectivity index (χ3v) is 2.89. The van der Waals surface area contributed by atoms with Crippen molar-refractivity contribution >= 4 is 40.9 Å². The van der Waals surface area contributed by atoms with Gasteiger partial charge in [0.25, 0.3) is 11.8 Å². The molecule has 120 valence electrons. The van der Waals surface area contributed by atoms with Gasteiger partial charge in [0.1, 0.15) is 5.75 Å². The lowest BCUT2D eigenvalue weighted by Gasteiger charge is -2.09. The van der Waals surface area contributed by atoms with Crippen LogP contribution in [0.4, 0.5) is 0 Å². The minimum atomic E-state index is -0.556. The normalized spacial score (nSPS) is 9.77. The quantitative estimate of drug-likeness (QED) is 0.670. The summed E-state index contributed by atoms with van der Waals surface area (Å²) >= 11 is 11.6. The standard InChI is InChI=1S/C13H15Cl2N3O4/c1-2-11(19)17-18-12(20)6-16-13(21)7-22-10-4-3-8(14)5-9(10)15/h3-5H,2,6-7H2,1H3,(H,16,21)(H,17,19)(H,18,20). The summed E-state index contributed by atoms with van der Waals surface area (Å²) in [5, 5.41) is 3.06. The molecule has 1 rings (SSSR count). The van der Waals surface area contributed by atoms with E-state index >= 15 is 0 Å². The summed E-state index contributed by atoms with van der Waals surface area (Å²) < 4.78 is 5.20. The summed E-state index contributed by atoms with van der Waals surface area (Å²) in [6.07, 6.45) is 0.238. The summed E-state index contributed by atoms with van der Waals surface area (Å²) in [6, 6.07) is 4.59. The number of benzene rings is 1. The molecule has 0 aliphatic rings. The van der Waals surface area contributed by atoms with Gasteiger partial charge in [-0.2, -0.15) is 0 Å². The summed E-state index contributed by atoms with van der Waals surface area (Å²) in [4.78, 5) is 33.8. The van der Waals surface area contributed by atoms with Crippen LogP contribution in [0.3, 0.4) is 0 Å². The smallest absolute Gasteiger partial charge is 0.258 e. The maximum Gasteiger partial charge on any atom is 0.258 e. The van der Waals surface area contributed by atoms with E-state index in [1.807, 2.05) is 0 Å². The van der Waals surface area contributed by atoms with Crippen molar-refractivity contribution in [1.29, 1.82) is 0 Å². The summed E-state index contributed by atoms with van der Waals surface area (Å²) in [5.41, 5.74) is 4.32. The minimum Gasteiger partial charge on any atom is -0.482 e. The summed E-state index contributed by atoms with van der Waals surface area (Å²) in [7, 11) is 0. The lowest BCUT2D eigenvalue weighted by atomic mass is 10.3. The fourth-order valence-electron chi connectivity index (χ4n) is 1.24. The van der Waals surface area contributed by atoms with E-state index in [2.05, 4.69) is 16.2 Å². The van der Waals surface area contributed by atoms with Gasteiger partial charge >= 0.3 is 0 Å². The Morgan fingerprint density at radius 1 is 1.09 bits per heavy atom. The van der Waals surface area contributed by atoms with Crippen LogP contribution in [0.1, 0.15) is 13.3 Å². The number of carbonyl (C=O) groups is 3. The highest BCUT2D eigenvalue weighted by molar-refractivity contribution is 6.35. The highest BCUT2D eigenvalue weighted by Gasteiger charge is 2.08. The molecule has 0 bridgehead atoms. The SMILES string of the molecule is CCC(=O)NNC(=O)CNC(=O)COc1ccc(Cl)cc1Cl. The molecule has 0 aliphatic carbocycles. The van der Waals surface area contributed by atoms with E-state index in [4.69, 9.17) is 27.9 Å². The number of amides is 3. The molecule has 0 saturated heterocycles. The first-order chi connectivity index (χ1) is 10.4. The second-order valence-electron chi connectivity index (χ2n) is 4.09. The molecule has 0 unspecified atom stereocenters. The van der Waals surface area contributed by atoms with Gasteiger partial charge in [-0.1, -0.05) is 30.1 Å². The van der Waals surface area contributed by atoms with Crippen LogP contribution in [0, 0.1) is 0 Å². The third-order valence-electron chi connectivity index (χ3n) is 2.36. The number of carbonyl (C=O) groups excluding carboxylic acids is 3. The van der Waals surface area contributed by atoms with Crippen molar-refractivity contribution in [3.8, 4) is 5.75 Å². The molecule has 7 nitrogen and oxygen atoms in total. The van der Waals surface area contributed by atoms with Crippen molar-refractivity contribution in [1.82, 2.24) is 16.2 Å². The van der Waals surface area contributed by atoms with Crippen LogP contribution in [-0.2, 0) is 14.4 Å². The fourth-order valence-corrected chi connectivity index (χ4v) is 1.70. The largest absolute Gasteiger partial charge is 0.482 e. The Balaban J connectivity index is 2.28. The second-order valence-corrected chi connectivity index (χ2v) is 4.93. The Morgan fingerprint density at radius 2 is 1.77 bits per heavy atom. The van der Waals surface area contributed by atoms with Crippen molar-refractivity contribution in [2.24, 2.45) is 0 Å².